The van der Waals surface area contributed by atoms with Crippen LogP contribution in [0.3, 0.4) is 0 Å². The largest absolute Gasteiger partial charge is 0.478 e. The third-order valence-electron chi connectivity index (χ3n) is 23.0. The van der Waals surface area contributed by atoms with Gasteiger partial charge in [0.15, 0.2) is 47.9 Å². The van der Waals surface area contributed by atoms with Gasteiger partial charge in [0.05, 0.1) is 11.7 Å². The van der Waals surface area contributed by atoms with Crippen LogP contribution in [0.4, 0.5) is 0 Å². The lowest BCUT2D eigenvalue weighted by atomic mass is 9.85. The second-order valence-electron chi connectivity index (χ2n) is 34.3. The molecular weight excluding hydrogens is 2010 g/mol. The molecule has 11 aromatic carbocycles. The summed E-state index contributed by atoms with van der Waals surface area (Å²) in [6.07, 6.45) is -8.24. The zero-order chi connectivity index (χ0) is 97.5. The van der Waals surface area contributed by atoms with E-state index in [9.17, 15) is 44.1 Å². The van der Waals surface area contributed by atoms with Gasteiger partial charge in [-0.1, -0.05) is 228 Å². The average Bonchev–Trinajstić information content (AvgIpc) is 1.45. The zero-order valence-corrected chi connectivity index (χ0v) is 84.7. The summed E-state index contributed by atoms with van der Waals surface area (Å²) in [5.74, 6) is -4.93. The van der Waals surface area contributed by atoms with Gasteiger partial charge in [-0.3, -0.25) is 24.0 Å². The van der Waals surface area contributed by atoms with E-state index in [0.29, 0.717) is 60.7 Å². The highest BCUT2D eigenvalue weighted by Crippen LogP contribution is 2.45. The lowest BCUT2D eigenvalue weighted by Gasteiger charge is -2.43. The van der Waals surface area contributed by atoms with Gasteiger partial charge in [0, 0.05) is 81.9 Å². The summed E-state index contributed by atoms with van der Waals surface area (Å²) in [6.45, 7) is 24.5. The van der Waals surface area contributed by atoms with E-state index in [2.05, 4.69) is 85.0 Å². The predicted molar refractivity (Wildman–Crippen MR) is 527 cm³/mol. The smallest absolute Gasteiger partial charge is 0.335 e. The number of carboxylic acids is 1. The van der Waals surface area contributed by atoms with Crippen molar-refractivity contribution in [3.8, 4) is 0 Å². The molecule has 4 N–H and O–H groups in total. The molecule has 14 atom stereocenters. The summed E-state index contributed by atoms with van der Waals surface area (Å²) in [5, 5.41) is 44.2. The maximum absolute atomic E-state index is 13.0. The highest BCUT2D eigenvalue weighted by molar-refractivity contribution is 9.11. The van der Waals surface area contributed by atoms with Crippen molar-refractivity contribution in [2.75, 3.05) is 0 Å². The fourth-order valence-electron chi connectivity index (χ4n) is 15.8. The Morgan fingerprint density at radius 1 is 0.403 bits per heavy atom. The van der Waals surface area contributed by atoms with Crippen molar-refractivity contribution < 1.29 is 96.6 Å². The van der Waals surface area contributed by atoms with Crippen LogP contribution in [-0.4, -0.2) is 135 Å². The summed E-state index contributed by atoms with van der Waals surface area (Å²) in [5.41, 5.74) is 19.3. The Kier molecular flexibility index (Phi) is 37.4. The van der Waals surface area contributed by atoms with E-state index >= 15 is 0 Å². The molecule has 0 radical (unpaired) electrons. The van der Waals surface area contributed by atoms with Crippen LogP contribution in [0.25, 0.3) is 0 Å². The van der Waals surface area contributed by atoms with Crippen molar-refractivity contribution in [2.24, 2.45) is 5.92 Å². The first-order valence-electron chi connectivity index (χ1n) is 43.2. The molecule has 0 saturated carbocycles. The van der Waals surface area contributed by atoms with Gasteiger partial charge in [-0.05, 0) is 299 Å². The van der Waals surface area contributed by atoms with E-state index in [4.69, 9.17) is 110 Å². The lowest BCUT2D eigenvalue weighted by molar-refractivity contribution is -0.283. The first kappa shape index (κ1) is 106. The first-order valence-corrected chi connectivity index (χ1v) is 47.5. The molecule has 5 aliphatic rings. The van der Waals surface area contributed by atoms with Crippen molar-refractivity contribution in [1.29, 1.82) is 0 Å². The van der Waals surface area contributed by atoms with Crippen LogP contribution in [-0.2, 0) is 87.4 Å². The highest BCUT2D eigenvalue weighted by Gasteiger charge is 2.58. The van der Waals surface area contributed by atoms with Crippen LogP contribution in [0.2, 0.25) is 25.1 Å². The van der Waals surface area contributed by atoms with Gasteiger partial charge in [0.25, 0.3) is 0 Å². The second-order valence-corrected chi connectivity index (χ2v) is 39.2. The predicted octanol–water partition coefficient (Wildman–Crippen LogP) is 24.0. The number of carbonyl (C=O) groups is 6. The van der Waals surface area contributed by atoms with Gasteiger partial charge in [-0.2, -0.15) is 0 Å². The van der Waals surface area contributed by atoms with E-state index in [1.165, 1.54) is 37.5 Å². The molecule has 5 fully saturated rings. The van der Waals surface area contributed by atoms with Crippen LogP contribution in [0.1, 0.15) is 193 Å². The van der Waals surface area contributed by atoms with Gasteiger partial charge in [-0.15, -0.1) is 0 Å². The maximum atomic E-state index is 13.0. The number of Topliss-reactive ketones (excluding diaryl/α,β-unsaturated/α-hetero) is 1. The fourth-order valence-corrected chi connectivity index (χ4v) is 17.6. The van der Waals surface area contributed by atoms with E-state index < -0.39 is 121 Å². The van der Waals surface area contributed by atoms with Crippen LogP contribution in [0.5, 0.6) is 0 Å². The van der Waals surface area contributed by atoms with E-state index in [1.54, 1.807) is 77.1 Å². The Balaban J connectivity index is 0.000000160. The molecular formula is C106H106Br3Cl5O20. The van der Waals surface area contributed by atoms with E-state index in [0.717, 1.165) is 98.0 Å². The molecule has 2 unspecified atom stereocenters. The molecule has 5 aliphatic heterocycles. The number of carbonyl (C=O) groups excluding carboxylic acids is 5. The van der Waals surface area contributed by atoms with Gasteiger partial charge in [-0.25, -0.2) is 4.79 Å². The molecule has 0 bridgehead atoms. The third kappa shape index (κ3) is 29.1. The third-order valence-corrected chi connectivity index (χ3v) is 25.7. The maximum Gasteiger partial charge on any atom is 0.335 e. The molecule has 0 amide bonds. The Labute approximate surface area is 831 Å². The minimum Gasteiger partial charge on any atom is -0.478 e. The molecule has 16 rings (SSSR count). The quantitative estimate of drug-likeness (QED) is 0.0333. The minimum absolute atomic E-state index is 0.0143. The number of ether oxygens (including phenoxy) is 10. The molecule has 0 aromatic heterocycles. The zero-order valence-electron chi connectivity index (χ0n) is 76.2. The fraction of sp³-hybridized carbons (Fsp3) is 0.321. The number of aliphatic hydroxyl groups excluding tert-OH is 3. The number of aryl methyl sites for hydroxylation is 6. The molecule has 0 aliphatic carbocycles. The van der Waals surface area contributed by atoms with Crippen LogP contribution >= 0.6 is 106 Å². The molecule has 0 spiro atoms. The number of hydrogen-bond donors (Lipinski definition) is 4. The van der Waals surface area contributed by atoms with E-state index in [1.807, 2.05) is 192 Å². The van der Waals surface area contributed by atoms with Crippen molar-refractivity contribution in [2.45, 2.75) is 214 Å². The minimum atomic E-state index is -1.23. The number of aliphatic hydroxyl groups is 3. The van der Waals surface area contributed by atoms with E-state index in [-0.39, 0.29) is 11.6 Å². The Hall–Kier alpha value is -8.87. The summed E-state index contributed by atoms with van der Waals surface area (Å²) < 4.78 is 59.4. The normalized spacial score (nSPS) is 21.6. The van der Waals surface area contributed by atoms with Gasteiger partial charge < -0.3 is 67.8 Å². The average molecular weight is 2120 g/mol. The molecule has 706 valence electrons. The summed E-state index contributed by atoms with van der Waals surface area (Å²) >= 11 is 39.7. The lowest BCUT2D eigenvalue weighted by Crippen LogP contribution is -2.55. The topological polar surface area (TPSA) is 276 Å². The number of esters is 3. The van der Waals surface area contributed by atoms with Gasteiger partial charge in [0.2, 0.25) is 12.4 Å². The Morgan fingerprint density at radius 2 is 0.769 bits per heavy atom. The summed E-state index contributed by atoms with van der Waals surface area (Å²) in [7, 11) is 0. The Bertz CT molecular complexity index is 5960. The van der Waals surface area contributed by atoms with Gasteiger partial charge in [0.1, 0.15) is 36.6 Å². The van der Waals surface area contributed by atoms with Gasteiger partial charge >= 0.3 is 23.9 Å². The summed E-state index contributed by atoms with van der Waals surface area (Å²) in [6, 6.07) is 72.5. The highest BCUT2D eigenvalue weighted by atomic mass is 79.9. The number of ketones is 2. The van der Waals surface area contributed by atoms with Crippen molar-refractivity contribution in [3.63, 3.8) is 0 Å². The second kappa shape index (κ2) is 47.5. The number of hydrogen-bond acceptors (Lipinski definition) is 19. The van der Waals surface area contributed by atoms with Crippen molar-refractivity contribution in [3.05, 3.63) is 380 Å². The Morgan fingerprint density at radius 3 is 1.21 bits per heavy atom. The monoisotopic (exact) mass is 2110 g/mol. The van der Waals surface area contributed by atoms with Crippen molar-refractivity contribution >= 4 is 141 Å². The SMILES string of the molecule is CC(=O)OC1OC(c2ccc(C)c(Cc3ccc(Cl)cc3)c2)[C@H](C)[C@@H](OC(C)=O)[C@@H]1OC(C)=O.Cc1ccc(Br)cc1C(=O)O.Cc1ccc(Br)cc1C(=O)c1ccc(Cl)cc1.Cc1ccc(Br)cc1Cc1ccc(Cl)cc1.Cc1ccc(C(=O)[C@@H]2O[C@H]3OC(C)(C)O[C@H]3[C@@H]2O)cc1Cc1ccc(Cl)cc1.Cc1ccc([C@H](O)[C@@H]2O[C@H]3OC(C)(C)O[C@H]3[C@@H]2O)cc1Cc1ccc(Cl)cc1. The number of fused-ring (bicyclic) bond motifs is 2. The first-order chi connectivity index (χ1) is 63.3. The molecule has 20 nitrogen and oxygen atoms in total. The van der Waals surface area contributed by atoms with Crippen LogP contribution < -0.4 is 0 Å². The molecule has 28 heteroatoms. The molecule has 5 heterocycles. The number of aromatic carboxylic acids is 1. The number of rotatable bonds is 19. The number of halogens is 8. The molecule has 134 heavy (non-hydrogen) atoms. The standard InChI is InChI=1S/C26H29ClO7.C22H25ClO5.C22H23ClO5.C14H10BrClO.C14H12BrCl.C8H7BrO2/c1-14-6-9-20(13-21(14)12-19-7-10-22(27)11-8-19)23-15(2)24(31-16(3)28)25(32-17(4)29)26(34-23)33-18(5)30;2*1-12-4-7-14(11-15(12)10-13-5-8-16(23)9-6-13)17(24)19-18(25)20-21(26-19)28-22(2,3)27-20;1-9-2-5-11(15)8-13(9)14(17)10-3-6-12(16)7-4-10;1-10-2-5-13(15)9-12(10)8-11-3-6-14(16)7-4-11;1-5-2-3-6(9)4-7(5)8(10)11/h6-11,13,15,23-26H,12H2,1-5H3;4-9,11,17-21,24-25H,10H2,1-3H3;4-9,11,18-21,25H,10H2,1-3H3;2-8H,1H3;2-7,9H,8H2,1H3;2-4H,1H3,(H,10,11)/t15-,23?,24+,25-,26?;17-,18+,19-,20-,21-;18-,19+,20+,21+;;;/m001.../s1. The molecule has 11 aromatic rings. The summed E-state index contributed by atoms with van der Waals surface area (Å²) in [4.78, 5) is 71.2. The van der Waals surface area contributed by atoms with Crippen LogP contribution in [0.15, 0.2) is 244 Å². The molecule has 5 saturated heterocycles. The number of benzene rings is 11. The van der Waals surface area contributed by atoms with Crippen LogP contribution in [0, 0.1) is 47.5 Å². The van der Waals surface area contributed by atoms with Crippen molar-refractivity contribution in [1.82, 2.24) is 0 Å². The number of carboxylic acid groups (broad SMARTS) is 1.